The van der Waals surface area contributed by atoms with E-state index < -0.39 is 0 Å². The highest BCUT2D eigenvalue weighted by Gasteiger charge is 2.30. The molecule has 1 aromatic rings. The number of nitrogens with zero attached hydrogens (tertiary/aromatic N) is 2. The molecular formula is C11H15N3O2. The average Bonchev–Trinajstić information content (AvgIpc) is 2.71. The predicted molar refractivity (Wildman–Crippen MR) is 59.7 cm³/mol. The average molecular weight is 221 g/mol. The van der Waals surface area contributed by atoms with E-state index in [0.29, 0.717) is 25.3 Å². The quantitative estimate of drug-likeness (QED) is 0.746. The van der Waals surface area contributed by atoms with Crippen LogP contribution in [-0.2, 0) is 11.4 Å². The molecule has 5 nitrogen and oxygen atoms in total. The zero-order valence-electron chi connectivity index (χ0n) is 8.97. The molecule has 0 spiro atoms. The lowest BCUT2D eigenvalue weighted by molar-refractivity contribution is -0.117. The number of hydrogen-bond acceptors (Lipinski definition) is 4. The van der Waals surface area contributed by atoms with E-state index in [2.05, 4.69) is 4.98 Å². The zero-order chi connectivity index (χ0) is 11.5. The Morgan fingerprint density at radius 1 is 1.56 bits per heavy atom. The number of rotatable bonds is 3. The lowest BCUT2D eigenvalue weighted by Gasteiger charge is -2.15. The van der Waals surface area contributed by atoms with Gasteiger partial charge in [0.2, 0.25) is 5.91 Å². The maximum Gasteiger partial charge on any atom is 0.228 e. The predicted octanol–water partition coefficient (Wildman–Crippen LogP) is -0.115. The Hall–Kier alpha value is -1.46. The largest absolute Gasteiger partial charge is 0.392 e. The molecule has 0 aliphatic carbocycles. The first-order valence-corrected chi connectivity index (χ1v) is 5.31. The standard InChI is InChI=1S/C11H15N3O2/c12-4-9-3-11(16)14(6-9)10-2-1-8(7-15)5-13-10/h1-2,5,9,15H,3-4,6-7,12H2. The smallest absolute Gasteiger partial charge is 0.228 e. The van der Waals surface area contributed by atoms with Crippen LogP contribution in [0.15, 0.2) is 18.3 Å². The molecular weight excluding hydrogens is 206 g/mol. The van der Waals surface area contributed by atoms with Crippen molar-refractivity contribution in [3.05, 3.63) is 23.9 Å². The minimum absolute atomic E-state index is 0.0351. The summed E-state index contributed by atoms with van der Waals surface area (Å²) in [6, 6.07) is 3.52. The molecule has 0 saturated carbocycles. The van der Waals surface area contributed by atoms with E-state index in [-0.39, 0.29) is 18.4 Å². The van der Waals surface area contributed by atoms with Gasteiger partial charge in [-0.3, -0.25) is 9.69 Å². The Morgan fingerprint density at radius 2 is 2.38 bits per heavy atom. The molecule has 0 bridgehead atoms. The van der Waals surface area contributed by atoms with Crippen molar-refractivity contribution in [2.75, 3.05) is 18.0 Å². The highest BCUT2D eigenvalue weighted by Crippen LogP contribution is 2.22. The Morgan fingerprint density at radius 3 is 2.88 bits per heavy atom. The Labute approximate surface area is 93.9 Å². The second kappa shape index (κ2) is 4.59. The van der Waals surface area contributed by atoms with Gasteiger partial charge >= 0.3 is 0 Å². The summed E-state index contributed by atoms with van der Waals surface area (Å²) in [5.74, 6) is 0.935. The highest BCUT2D eigenvalue weighted by molar-refractivity contribution is 5.94. The van der Waals surface area contributed by atoms with Gasteiger partial charge in [0.1, 0.15) is 5.82 Å². The molecule has 1 unspecified atom stereocenters. The van der Waals surface area contributed by atoms with Crippen LogP contribution in [0.5, 0.6) is 0 Å². The van der Waals surface area contributed by atoms with Crippen LogP contribution in [-0.4, -0.2) is 29.1 Å². The molecule has 3 N–H and O–H groups in total. The number of pyridine rings is 1. The van der Waals surface area contributed by atoms with Crippen molar-refractivity contribution in [3.63, 3.8) is 0 Å². The summed E-state index contributed by atoms with van der Waals surface area (Å²) in [5.41, 5.74) is 6.29. The molecule has 2 heterocycles. The molecule has 1 aliphatic heterocycles. The van der Waals surface area contributed by atoms with Gasteiger partial charge in [0.15, 0.2) is 0 Å². The van der Waals surface area contributed by atoms with Crippen LogP contribution in [0.4, 0.5) is 5.82 Å². The van der Waals surface area contributed by atoms with Crippen LogP contribution in [0.1, 0.15) is 12.0 Å². The van der Waals surface area contributed by atoms with Gasteiger partial charge in [0.05, 0.1) is 6.61 Å². The van der Waals surface area contributed by atoms with Gasteiger partial charge in [-0.15, -0.1) is 0 Å². The van der Waals surface area contributed by atoms with Crippen LogP contribution in [0.25, 0.3) is 0 Å². The molecule has 5 heteroatoms. The van der Waals surface area contributed by atoms with Gasteiger partial charge in [0, 0.05) is 19.2 Å². The maximum absolute atomic E-state index is 11.7. The van der Waals surface area contributed by atoms with Crippen molar-refractivity contribution < 1.29 is 9.90 Å². The monoisotopic (exact) mass is 221 g/mol. The first-order chi connectivity index (χ1) is 7.74. The second-order valence-corrected chi connectivity index (χ2v) is 3.99. The van der Waals surface area contributed by atoms with Crippen molar-refractivity contribution in [2.45, 2.75) is 13.0 Å². The van der Waals surface area contributed by atoms with Crippen LogP contribution in [0.2, 0.25) is 0 Å². The van der Waals surface area contributed by atoms with Crippen molar-refractivity contribution in [2.24, 2.45) is 11.7 Å². The zero-order valence-corrected chi connectivity index (χ0v) is 8.97. The van der Waals surface area contributed by atoms with Crippen LogP contribution in [0, 0.1) is 5.92 Å². The molecule has 1 atom stereocenters. The SMILES string of the molecule is NCC1CC(=O)N(c2ccc(CO)cn2)C1. The van der Waals surface area contributed by atoms with Crippen molar-refractivity contribution >= 4 is 11.7 Å². The fourth-order valence-corrected chi connectivity index (χ4v) is 1.83. The van der Waals surface area contributed by atoms with Crippen LogP contribution >= 0.6 is 0 Å². The van der Waals surface area contributed by atoms with Crippen LogP contribution < -0.4 is 10.6 Å². The van der Waals surface area contributed by atoms with E-state index >= 15 is 0 Å². The molecule has 1 fully saturated rings. The number of carbonyl (C=O) groups is 1. The summed E-state index contributed by atoms with van der Waals surface area (Å²) >= 11 is 0. The molecule has 86 valence electrons. The first-order valence-electron chi connectivity index (χ1n) is 5.31. The molecule has 0 radical (unpaired) electrons. The van der Waals surface area contributed by atoms with E-state index in [9.17, 15) is 4.79 Å². The normalized spacial score (nSPS) is 20.5. The highest BCUT2D eigenvalue weighted by atomic mass is 16.3. The Bertz CT molecular complexity index is 377. The lowest BCUT2D eigenvalue weighted by atomic mass is 10.1. The summed E-state index contributed by atoms with van der Waals surface area (Å²) in [6.45, 7) is 1.13. The number of hydrogen-bond donors (Lipinski definition) is 2. The van der Waals surface area contributed by atoms with Gasteiger partial charge in [-0.25, -0.2) is 4.98 Å². The summed E-state index contributed by atoms with van der Waals surface area (Å²) in [5, 5.41) is 8.89. The molecule has 1 amide bonds. The van der Waals surface area contributed by atoms with Crippen molar-refractivity contribution in [1.29, 1.82) is 0 Å². The van der Waals surface area contributed by atoms with Crippen molar-refractivity contribution in [1.82, 2.24) is 4.98 Å². The maximum atomic E-state index is 11.7. The number of aromatic nitrogens is 1. The number of nitrogens with two attached hydrogens (primary N) is 1. The van der Waals surface area contributed by atoms with Gasteiger partial charge in [-0.05, 0) is 24.1 Å². The van der Waals surface area contributed by atoms with E-state index in [1.165, 1.54) is 0 Å². The summed E-state index contributed by atoms with van der Waals surface area (Å²) in [4.78, 5) is 17.5. The topological polar surface area (TPSA) is 79.5 Å². The van der Waals surface area contributed by atoms with Gasteiger partial charge in [-0.2, -0.15) is 0 Å². The van der Waals surface area contributed by atoms with Gasteiger partial charge in [-0.1, -0.05) is 6.07 Å². The third-order valence-corrected chi connectivity index (χ3v) is 2.81. The molecule has 1 aromatic heterocycles. The Kier molecular flexibility index (Phi) is 3.17. The third kappa shape index (κ3) is 2.05. The summed E-state index contributed by atoms with van der Waals surface area (Å²) < 4.78 is 0. The Balaban J connectivity index is 2.15. The molecule has 1 aliphatic rings. The van der Waals surface area contributed by atoms with Crippen LogP contribution in [0.3, 0.4) is 0 Å². The second-order valence-electron chi connectivity index (χ2n) is 3.99. The number of aliphatic hydroxyl groups is 1. The van der Waals surface area contributed by atoms with E-state index in [1.807, 2.05) is 0 Å². The van der Waals surface area contributed by atoms with E-state index in [4.69, 9.17) is 10.8 Å². The fraction of sp³-hybridized carbons (Fsp3) is 0.455. The molecule has 0 aromatic carbocycles. The van der Waals surface area contributed by atoms with Crippen molar-refractivity contribution in [3.8, 4) is 0 Å². The van der Waals surface area contributed by atoms with Gasteiger partial charge < -0.3 is 10.8 Å². The summed E-state index contributed by atoms with van der Waals surface area (Å²) in [6.07, 6.45) is 2.08. The molecule has 1 saturated heterocycles. The number of anilines is 1. The first kappa shape index (κ1) is 11.0. The lowest BCUT2D eigenvalue weighted by Crippen LogP contribution is -2.26. The number of aliphatic hydroxyl groups excluding tert-OH is 1. The molecule has 2 rings (SSSR count). The van der Waals surface area contributed by atoms with E-state index in [0.717, 1.165) is 5.56 Å². The number of carbonyl (C=O) groups excluding carboxylic acids is 1. The fourth-order valence-electron chi connectivity index (χ4n) is 1.83. The summed E-state index contributed by atoms with van der Waals surface area (Å²) in [7, 11) is 0. The van der Waals surface area contributed by atoms with Gasteiger partial charge in [0.25, 0.3) is 0 Å². The van der Waals surface area contributed by atoms with E-state index in [1.54, 1.807) is 23.2 Å². The third-order valence-electron chi connectivity index (χ3n) is 2.81. The number of amides is 1. The minimum Gasteiger partial charge on any atom is -0.392 e. The minimum atomic E-state index is -0.0351. The molecule has 16 heavy (non-hydrogen) atoms.